The Bertz CT molecular complexity index is 535. The minimum Gasteiger partial charge on any atom is -0.396 e. The lowest BCUT2D eigenvalue weighted by molar-refractivity contribution is -0.122. The van der Waals surface area contributed by atoms with Crippen molar-refractivity contribution in [2.24, 2.45) is 5.41 Å². The minimum atomic E-state index is -0.177. The fourth-order valence-corrected chi connectivity index (χ4v) is 3.00. The van der Waals surface area contributed by atoms with Gasteiger partial charge in [0.2, 0.25) is 11.8 Å². The molecule has 2 unspecified atom stereocenters. The van der Waals surface area contributed by atoms with Crippen LogP contribution in [-0.4, -0.2) is 33.8 Å². The largest absolute Gasteiger partial charge is 0.396 e. The number of aliphatic hydroxyl groups is 1. The van der Waals surface area contributed by atoms with E-state index in [4.69, 9.17) is 4.52 Å². The Morgan fingerprint density at radius 2 is 2.22 bits per heavy atom. The van der Waals surface area contributed by atoms with Gasteiger partial charge in [-0.2, -0.15) is 4.98 Å². The minimum absolute atomic E-state index is 0.0344. The zero-order chi connectivity index (χ0) is 17.1. The first-order valence-corrected chi connectivity index (χ1v) is 8.48. The second-order valence-corrected chi connectivity index (χ2v) is 7.94. The maximum absolute atomic E-state index is 12.1. The highest BCUT2D eigenvalue weighted by Crippen LogP contribution is 2.37. The van der Waals surface area contributed by atoms with E-state index in [-0.39, 0.29) is 29.4 Å². The van der Waals surface area contributed by atoms with Crippen LogP contribution in [-0.2, 0) is 16.6 Å². The molecule has 1 saturated carbocycles. The van der Waals surface area contributed by atoms with Crippen LogP contribution in [0.2, 0.25) is 0 Å². The van der Waals surface area contributed by atoms with Crippen molar-refractivity contribution < 1.29 is 14.4 Å². The molecule has 0 spiro atoms. The van der Waals surface area contributed by atoms with Gasteiger partial charge in [0.1, 0.15) is 0 Å². The first-order valence-electron chi connectivity index (χ1n) is 8.48. The van der Waals surface area contributed by atoms with Gasteiger partial charge in [-0.3, -0.25) is 4.79 Å². The van der Waals surface area contributed by atoms with Gasteiger partial charge in [0.15, 0.2) is 5.82 Å². The average Bonchev–Trinajstić information content (AvgIpc) is 3.07. The smallest absolute Gasteiger partial charge is 0.226 e. The molecule has 2 N–H and O–H groups in total. The van der Waals surface area contributed by atoms with Crippen molar-refractivity contribution in [1.82, 2.24) is 15.5 Å². The maximum Gasteiger partial charge on any atom is 0.226 e. The molecule has 6 heteroatoms. The van der Waals surface area contributed by atoms with Crippen LogP contribution in [0.1, 0.15) is 71.5 Å². The molecule has 2 atom stereocenters. The van der Waals surface area contributed by atoms with E-state index in [0.717, 1.165) is 19.3 Å². The number of hydrogen-bond acceptors (Lipinski definition) is 5. The number of aliphatic hydroxyl groups excluding tert-OH is 1. The van der Waals surface area contributed by atoms with E-state index in [1.165, 1.54) is 0 Å². The van der Waals surface area contributed by atoms with E-state index in [9.17, 15) is 9.90 Å². The quantitative estimate of drug-likeness (QED) is 0.839. The van der Waals surface area contributed by atoms with Crippen LogP contribution in [0.5, 0.6) is 0 Å². The number of carbonyl (C=O) groups excluding carboxylic acids is 1. The molecular formula is C17H29N3O3. The third-order valence-electron chi connectivity index (χ3n) is 4.71. The van der Waals surface area contributed by atoms with E-state index in [2.05, 4.69) is 15.5 Å². The highest BCUT2D eigenvalue weighted by atomic mass is 16.5. The number of carbonyl (C=O) groups is 1. The summed E-state index contributed by atoms with van der Waals surface area (Å²) in [5.41, 5.74) is -0.305. The molecule has 0 aromatic carbocycles. The van der Waals surface area contributed by atoms with Crippen LogP contribution >= 0.6 is 0 Å². The molecule has 1 aromatic rings. The summed E-state index contributed by atoms with van der Waals surface area (Å²) in [6, 6.07) is 0.0795. The fraction of sp³-hybridized carbons (Fsp3) is 0.824. The summed E-state index contributed by atoms with van der Waals surface area (Å²) in [7, 11) is 0. The van der Waals surface area contributed by atoms with Gasteiger partial charge in [0, 0.05) is 29.7 Å². The molecule has 23 heavy (non-hydrogen) atoms. The van der Waals surface area contributed by atoms with E-state index in [0.29, 0.717) is 31.0 Å². The molecule has 0 saturated heterocycles. The lowest BCUT2D eigenvalue weighted by Crippen LogP contribution is -2.44. The second kappa shape index (κ2) is 6.99. The number of amides is 1. The first-order chi connectivity index (χ1) is 10.7. The van der Waals surface area contributed by atoms with Crippen LogP contribution in [0, 0.1) is 5.41 Å². The molecule has 0 bridgehead atoms. The van der Waals surface area contributed by atoms with Gasteiger partial charge in [-0.1, -0.05) is 39.3 Å². The number of rotatable bonds is 6. The maximum atomic E-state index is 12.1. The molecule has 1 aliphatic carbocycles. The summed E-state index contributed by atoms with van der Waals surface area (Å²) in [4.78, 5) is 16.5. The Hall–Kier alpha value is -1.43. The molecule has 1 amide bonds. The van der Waals surface area contributed by atoms with Crippen molar-refractivity contribution in [1.29, 1.82) is 0 Å². The molecule has 1 aromatic heterocycles. The van der Waals surface area contributed by atoms with Gasteiger partial charge in [-0.15, -0.1) is 0 Å². The first kappa shape index (κ1) is 17.9. The zero-order valence-corrected chi connectivity index (χ0v) is 14.7. The van der Waals surface area contributed by atoms with Crippen molar-refractivity contribution in [2.45, 2.75) is 77.7 Å². The fourth-order valence-electron chi connectivity index (χ4n) is 3.00. The van der Waals surface area contributed by atoms with Crippen LogP contribution in [0.3, 0.4) is 0 Å². The topological polar surface area (TPSA) is 88.2 Å². The summed E-state index contributed by atoms with van der Waals surface area (Å²) < 4.78 is 5.23. The van der Waals surface area contributed by atoms with Crippen LogP contribution in [0.25, 0.3) is 0 Å². The van der Waals surface area contributed by atoms with Crippen molar-refractivity contribution >= 4 is 5.91 Å². The number of aryl methyl sites for hydroxylation is 1. The van der Waals surface area contributed by atoms with E-state index in [1.807, 2.05) is 27.7 Å². The summed E-state index contributed by atoms with van der Waals surface area (Å²) in [6.45, 7) is 8.27. The Morgan fingerprint density at radius 1 is 1.48 bits per heavy atom. The molecule has 1 fully saturated rings. The van der Waals surface area contributed by atoms with Crippen LogP contribution in [0.4, 0.5) is 0 Å². The molecule has 130 valence electrons. The zero-order valence-electron chi connectivity index (χ0n) is 14.7. The predicted octanol–water partition coefficient (Wildman–Crippen LogP) is 2.36. The number of hydrogen-bond donors (Lipinski definition) is 2. The van der Waals surface area contributed by atoms with Crippen LogP contribution in [0.15, 0.2) is 4.52 Å². The van der Waals surface area contributed by atoms with Gasteiger partial charge < -0.3 is 14.9 Å². The van der Waals surface area contributed by atoms with Crippen molar-refractivity contribution in [3.63, 3.8) is 0 Å². The Balaban J connectivity index is 1.76. The Morgan fingerprint density at radius 3 is 2.83 bits per heavy atom. The Labute approximate surface area is 138 Å². The van der Waals surface area contributed by atoms with Gasteiger partial charge in [0.05, 0.1) is 6.61 Å². The van der Waals surface area contributed by atoms with E-state index in [1.54, 1.807) is 0 Å². The highest BCUT2D eigenvalue weighted by molar-refractivity contribution is 5.76. The summed E-state index contributed by atoms with van der Waals surface area (Å²) in [6.07, 6.45) is 4.69. The molecule has 6 nitrogen and oxygen atoms in total. The summed E-state index contributed by atoms with van der Waals surface area (Å²) in [5.74, 6) is 1.32. The van der Waals surface area contributed by atoms with Crippen molar-refractivity contribution in [3.05, 3.63) is 11.7 Å². The van der Waals surface area contributed by atoms with Crippen LogP contribution < -0.4 is 5.32 Å². The summed E-state index contributed by atoms with van der Waals surface area (Å²) in [5, 5.41) is 16.6. The van der Waals surface area contributed by atoms with Crippen molar-refractivity contribution in [2.75, 3.05) is 6.61 Å². The molecular weight excluding hydrogens is 294 g/mol. The predicted molar refractivity (Wildman–Crippen MR) is 86.9 cm³/mol. The van der Waals surface area contributed by atoms with Gasteiger partial charge >= 0.3 is 0 Å². The average molecular weight is 323 g/mol. The monoisotopic (exact) mass is 323 g/mol. The SMILES string of the molecule is CC(C)(C)c1noc(CCCC(=O)NC2CCCC2(C)CO)n1. The number of aromatic nitrogens is 2. The molecule has 1 aliphatic rings. The highest BCUT2D eigenvalue weighted by Gasteiger charge is 2.38. The molecule has 2 rings (SSSR count). The Kier molecular flexibility index (Phi) is 5.45. The van der Waals surface area contributed by atoms with E-state index < -0.39 is 0 Å². The van der Waals surface area contributed by atoms with E-state index >= 15 is 0 Å². The summed E-state index contributed by atoms with van der Waals surface area (Å²) >= 11 is 0. The lowest BCUT2D eigenvalue weighted by Gasteiger charge is -2.30. The van der Waals surface area contributed by atoms with Gasteiger partial charge in [-0.25, -0.2) is 0 Å². The molecule has 1 heterocycles. The van der Waals surface area contributed by atoms with Crippen molar-refractivity contribution in [3.8, 4) is 0 Å². The third kappa shape index (κ3) is 4.53. The third-order valence-corrected chi connectivity index (χ3v) is 4.71. The molecule has 0 aliphatic heterocycles. The number of nitrogens with zero attached hydrogens (tertiary/aromatic N) is 2. The van der Waals surface area contributed by atoms with Gasteiger partial charge in [0.25, 0.3) is 0 Å². The molecule has 0 radical (unpaired) electrons. The standard InChI is InChI=1S/C17H29N3O3/c1-16(2,3)15-19-14(23-20-15)9-5-8-13(22)18-12-7-6-10-17(12,4)11-21/h12,21H,5-11H2,1-4H3,(H,18,22). The van der Waals surface area contributed by atoms with Gasteiger partial charge in [-0.05, 0) is 19.3 Å². The normalized spacial score (nSPS) is 24.8. The second-order valence-electron chi connectivity index (χ2n) is 7.94. The lowest BCUT2D eigenvalue weighted by atomic mass is 9.85. The number of nitrogens with one attached hydrogen (secondary N) is 1.